The third-order valence-electron chi connectivity index (χ3n) is 4.31. The number of anilines is 1. The molecule has 0 spiro atoms. The van der Waals surface area contributed by atoms with Gasteiger partial charge in [0.25, 0.3) is 5.91 Å². The van der Waals surface area contributed by atoms with Crippen LogP contribution in [-0.4, -0.2) is 18.4 Å². The zero-order valence-corrected chi connectivity index (χ0v) is 11.4. The highest BCUT2D eigenvalue weighted by molar-refractivity contribution is 6.26. The molecule has 2 amide bonds. The third kappa shape index (κ3) is 1.56. The van der Waals surface area contributed by atoms with Crippen molar-refractivity contribution in [1.29, 1.82) is 0 Å². The van der Waals surface area contributed by atoms with Crippen molar-refractivity contribution in [1.82, 2.24) is 5.32 Å². The Bertz CT molecular complexity index is 810. The van der Waals surface area contributed by atoms with Crippen molar-refractivity contribution in [3.63, 3.8) is 0 Å². The van der Waals surface area contributed by atoms with Gasteiger partial charge in [-0.1, -0.05) is 30.8 Å². The smallest absolute Gasteiger partial charge is 0.259 e. The molecule has 0 saturated heterocycles. The maximum Gasteiger partial charge on any atom is 0.259 e. The lowest BCUT2D eigenvalue weighted by Crippen LogP contribution is -2.38. The number of benzene rings is 2. The van der Waals surface area contributed by atoms with Crippen molar-refractivity contribution in [3.8, 4) is 0 Å². The highest BCUT2D eigenvalue weighted by atomic mass is 16.2. The Hall–Kier alpha value is -2.62. The highest BCUT2D eigenvalue weighted by Crippen LogP contribution is 2.45. The van der Waals surface area contributed by atoms with Crippen LogP contribution >= 0.6 is 0 Å². The predicted molar refractivity (Wildman–Crippen MR) is 81.3 cm³/mol. The zero-order valence-electron chi connectivity index (χ0n) is 11.4. The molecule has 0 aliphatic carbocycles. The molecule has 1 unspecified atom stereocenters. The number of nitrogens with one attached hydrogen (secondary N) is 1. The van der Waals surface area contributed by atoms with Gasteiger partial charge in [-0.3, -0.25) is 9.59 Å². The van der Waals surface area contributed by atoms with Crippen LogP contribution in [0.4, 0.5) is 5.69 Å². The second-order valence-corrected chi connectivity index (χ2v) is 5.42. The summed E-state index contributed by atoms with van der Waals surface area (Å²) in [7, 11) is 0. The fourth-order valence-electron chi connectivity index (χ4n) is 3.38. The summed E-state index contributed by atoms with van der Waals surface area (Å²) in [4.78, 5) is 25.9. The minimum absolute atomic E-state index is 0.0647. The standard InChI is InChI=1S/C17H14N2O2/c1-2-14(20)18-13-8-9-19-16-11(13)7-6-10-4-3-5-12(15(10)16)17(19)21/h2-7,13H,1,8-9H2,(H,18,20). The van der Waals surface area contributed by atoms with E-state index in [9.17, 15) is 9.59 Å². The first-order chi connectivity index (χ1) is 10.2. The van der Waals surface area contributed by atoms with Crippen LogP contribution in [0.5, 0.6) is 0 Å². The third-order valence-corrected chi connectivity index (χ3v) is 4.31. The Morgan fingerprint density at radius 2 is 2.19 bits per heavy atom. The summed E-state index contributed by atoms with van der Waals surface area (Å²) in [6.45, 7) is 4.12. The van der Waals surface area contributed by atoms with Gasteiger partial charge in [-0.05, 0) is 29.5 Å². The molecule has 0 saturated carbocycles. The van der Waals surface area contributed by atoms with E-state index in [0.29, 0.717) is 6.54 Å². The minimum atomic E-state index is -0.182. The molecular formula is C17H14N2O2. The molecule has 2 aliphatic rings. The Morgan fingerprint density at radius 3 is 3.00 bits per heavy atom. The molecule has 2 aliphatic heterocycles. The predicted octanol–water partition coefficient (Wildman–Crippen LogP) is 2.55. The second-order valence-electron chi connectivity index (χ2n) is 5.42. The number of amides is 2. The van der Waals surface area contributed by atoms with Gasteiger partial charge in [0.1, 0.15) is 0 Å². The van der Waals surface area contributed by atoms with Crippen LogP contribution in [0, 0.1) is 0 Å². The van der Waals surface area contributed by atoms with Gasteiger partial charge in [-0.25, -0.2) is 0 Å². The molecule has 2 aromatic carbocycles. The first kappa shape index (κ1) is 12.1. The van der Waals surface area contributed by atoms with Gasteiger partial charge in [0.15, 0.2) is 0 Å². The van der Waals surface area contributed by atoms with Crippen molar-refractivity contribution >= 4 is 28.3 Å². The van der Waals surface area contributed by atoms with Crippen LogP contribution in [0.3, 0.4) is 0 Å². The molecule has 1 atom stereocenters. The van der Waals surface area contributed by atoms with Crippen molar-refractivity contribution < 1.29 is 9.59 Å². The maximum atomic E-state index is 12.5. The van der Waals surface area contributed by atoms with E-state index >= 15 is 0 Å². The summed E-state index contributed by atoms with van der Waals surface area (Å²) in [5.74, 6) is -0.116. The highest BCUT2D eigenvalue weighted by Gasteiger charge is 2.37. The number of carbonyl (C=O) groups is 2. The number of nitrogens with zero attached hydrogens (tertiary/aromatic N) is 1. The maximum absolute atomic E-state index is 12.5. The van der Waals surface area contributed by atoms with Gasteiger partial charge in [0, 0.05) is 17.5 Å². The molecule has 104 valence electrons. The minimum Gasteiger partial charge on any atom is -0.346 e. The molecule has 1 N–H and O–H groups in total. The van der Waals surface area contributed by atoms with Gasteiger partial charge >= 0.3 is 0 Å². The van der Waals surface area contributed by atoms with Crippen molar-refractivity contribution in [2.24, 2.45) is 0 Å². The molecule has 0 aromatic heterocycles. The summed E-state index contributed by atoms with van der Waals surface area (Å²) in [5, 5.41) is 5.03. The lowest BCUT2D eigenvalue weighted by Gasteiger charge is -2.32. The van der Waals surface area contributed by atoms with E-state index in [1.807, 2.05) is 35.2 Å². The molecule has 4 rings (SSSR count). The molecule has 0 radical (unpaired) electrons. The number of hydrogen-bond acceptors (Lipinski definition) is 2. The van der Waals surface area contributed by atoms with E-state index in [2.05, 4.69) is 11.9 Å². The van der Waals surface area contributed by atoms with Crippen molar-refractivity contribution in [2.45, 2.75) is 12.5 Å². The van der Waals surface area contributed by atoms with Crippen LogP contribution in [0.1, 0.15) is 28.4 Å². The SMILES string of the molecule is C=CC(=O)NC1CCN2C(=O)c3cccc4ccc1c2c34. The van der Waals surface area contributed by atoms with Crippen LogP contribution < -0.4 is 10.2 Å². The summed E-state index contributed by atoms with van der Waals surface area (Å²) in [6, 6.07) is 9.78. The van der Waals surface area contributed by atoms with Gasteiger partial charge in [-0.2, -0.15) is 0 Å². The van der Waals surface area contributed by atoms with E-state index in [4.69, 9.17) is 0 Å². The normalized spacial score (nSPS) is 19.0. The number of rotatable bonds is 2. The van der Waals surface area contributed by atoms with E-state index in [1.54, 1.807) is 0 Å². The van der Waals surface area contributed by atoms with Crippen molar-refractivity contribution in [2.75, 3.05) is 11.4 Å². The quantitative estimate of drug-likeness (QED) is 0.858. The second kappa shape index (κ2) is 4.19. The average molecular weight is 278 g/mol. The van der Waals surface area contributed by atoms with Crippen LogP contribution in [0.25, 0.3) is 10.8 Å². The fraction of sp³-hybridized carbons (Fsp3) is 0.176. The molecule has 4 heteroatoms. The topological polar surface area (TPSA) is 49.4 Å². The summed E-state index contributed by atoms with van der Waals surface area (Å²) in [6.07, 6.45) is 2.00. The van der Waals surface area contributed by atoms with Gasteiger partial charge < -0.3 is 10.2 Å². The lowest BCUT2D eigenvalue weighted by molar-refractivity contribution is -0.117. The Labute approximate surface area is 122 Å². The van der Waals surface area contributed by atoms with Crippen LogP contribution in [0.15, 0.2) is 43.0 Å². The van der Waals surface area contributed by atoms with E-state index < -0.39 is 0 Å². The molecule has 0 bridgehead atoms. The largest absolute Gasteiger partial charge is 0.346 e. The molecule has 4 nitrogen and oxygen atoms in total. The summed E-state index contributed by atoms with van der Waals surface area (Å²) < 4.78 is 0. The molecule has 21 heavy (non-hydrogen) atoms. The molecule has 2 aromatic rings. The number of carbonyl (C=O) groups excluding carboxylic acids is 2. The summed E-state index contributed by atoms with van der Waals surface area (Å²) in [5.41, 5.74) is 2.75. The first-order valence-corrected chi connectivity index (χ1v) is 7.01. The summed E-state index contributed by atoms with van der Waals surface area (Å²) >= 11 is 0. The monoisotopic (exact) mass is 278 g/mol. The average Bonchev–Trinajstić information content (AvgIpc) is 2.81. The van der Waals surface area contributed by atoms with Crippen LogP contribution in [-0.2, 0) is 4.79 Å². The Morgan fingerprint density at radius 1 is 1.33 bits per heavy atom. The lowest BCUT2D eigenvalue weighted by atomic mass is 9.94. The van der Waals surface area contributed by atoms with Gasteiger partial charge in [-0.15, -0.1) is 0 Å². The first-order valence-electron chi connectivity index (χ1n) is 7.01. The molecule has 2 heterocycles. The van der Waals surface area contributed by atoms with Crippen molar-refractivity contribution in [3.05, 3.63) is 54.1 Å². The van der Waals surface area contributed by atoms with E-state index in [1.165, 1.54) is 6.08 Å². The zero-order chi connectivity index (χ0) is 14.6. The van der Waals surface area contributed by atoms with Gasteiger partial charge in [0.05, 0.1) is 11.7 Å². The molecule has 0 fully saturated rings. The number of hydrogen-bond donors (Lipinski definition) is 1. The Balaban J connectivity index is 1.93. The van der Waals surface area contributed by atoms with Crippen LogP contribution in [0.2, 0.25) is 0 Å². The fourth-order valence-corrected chi connectivity index (χ4v) is 3.38. The van der Waals surface area contributed by atoms with E-state index in [0.717, 1.165) is 34.0 Å². The van der Waals surface area contributed by atoms with Gasteiger partial charge in [0.2, 0.25) is 5.91 Å². The van der Waals surface area contributed by atoms with E-state index in [-0.39, 0.29) is 17.9 Å². The Kier molecular flexibility index (Phi) is 2.42. The molecular weight excluding hydrogens is 264 g/mol.